The van der Waals surface area contributed by atoms with Crippen LogP contribution >= 0.6 is 0 Å². The zero-order valence-electron chi connectivity index (χ0n) is 18.9. The van der Waals surface area contributed by atoms with Crippen molar-refractivity contribution in [2.45, 2.75) is 12.5 Å². The molecule has 3 heterocycles. The van der Waals surface area contributed by atoms with Crippen molar-refractivity contribution in [2.24, 2.45) is 0 Å². The molecule has 0 aliphatic carbocycles. The summed E-state index contributed by atoms with van der Waals surface area (Å²) in [5.41, 5.74) is 2.06. The van der Waals surface area contributed by atoms with Crippen LogP contribution in [-0.2, 0) is 14.4 Å². The first kappa shape index (κ1) is 22.1. The van der Waals surface area contributed by atoms with E-state index in [1.807, 2.05) is 23.1 Å². The van der Waals surface area contributed by atoms with Crippen LogP contribution in [0.4, 0.5) is 11.4 Å². The van der Waals surface area contributed by atoms with Gasteiger partial charge in [0.2, 0.25) is 11.8 Å². The number of carbonyl (C=O) groups excluding carboxylic acids is 4. The van der Waals surface area contributed by atoms with Crippen molar-refractivity contribution in [3.8, 4) is 0 Å². The number of anilines is 2. The molecule has 3 amide bonds. The molecule has 0 bridgehead atoms. The number of Topliss-reactive ketones (excluding diaryl/α,β-unsaturated/α-hetero) is 1. The molecule has 1 N–H and O–H groups in total. The van der Waals surface area contributed by atoms with Crippen LogP contribution in [0, 0.1) is 0 Å². The van der Waals surface area contributed by atoms with Crippen LogP contribution < -0.4 is 15.1 Å². The van der Waals surface area contributed by atoms with Crippen LogP contribution in [0.2, 0.25) is 0 Å². The molecule has 2 fully saturated rings. The van der Waals surface area contributed by atoms with Gasteiger partial charge in [0.25, 0.3) is 5.78 Å². The third-order valence-corrected chi connectivity index (χ3v) is 6.77. The summed E-state index contributed by atoms with van der Waals surface area (Å²) < 4.78 is 0. The van der Waals surface area contributed by atoms with Crippen LogP contribution in [0.25, 0.3) is 0 Å². The first-order chi connectivity index (χ1) is 16.5. The Morgan fingerprint density at radius 2 is 1.59 bits per heavy atom. The van der Waals surface area contributed by atoms with Crippen molar-refractivity contribution in [1.29, 1.82) is 0 Å². The van der Waals surface area contributed by atoms with Crippen molar-refractivity contribution in [3.05, 3.63) is 60.2 Å². The zero-order chi connectivity index (χ0) is 23.7. The van der Waals surface area contributed by atoms with E-state index in [0.717, 1.165) is 18.8 Å². The Morgan fingerprint density at radius 1 is 0.882 bits per heavy atom. The van der Waals surface area contributed by atoms with Gasteiger partial charge >= 0.3 is 5.91 Å². The van der Waals surface area contributed by atoms with Crippen molar-refractivity contribution in [1.82, 2.24) is 15.1 Å². The molecular formula is C25H27N5O4. The van der Waals surface area contributed by atoms with Gasteiger partial charge in [0.1, 0.15) is 0 Å². The molecule has 2 saturated heterocycles. The van der Waals surface area contributed by atoms with Crippen LogP contribution in [0.1, 0.15) is 16.8 Å². The van der Waals surface area contributed by atoms with E-state index in [0.29, 0.717) is 37.4 Å². The average molecular weight is 462 g/mol. The van der Waals surface area contributed by atoms with Crippen LogP contribution in [-0.4, -0.2) is 85.3 Å². The van der Waals surface area contributed by atoms with Gasteiger partial charge in [0.15, 0.2) is 0 Å². The molecule has 2 aromatic rings. The molecule has 3 aliphatic heterocycles. The van der Waals surface area contributed by atoms with Crippen molar-refractivity contribution < 1.29 is 19.2 Å². The minimum atomic E-state index is -0.691. The van der Waals surface area contributed by atoms with Gasteiger partial charge in [-0.05, 0) is 24.3 Å². The third kappa shape index (κ3) is 4.14. The summed E-state index contributed by atoms with van der Waals surface area (Å²) in [6, 6.07) is 16.3. The number of hydrogen-bond donors (Lipinski definition) is 1. The summed E-state index contributed by atoms with van der Waals surface area (Å²) in [5.74, 6) is -1.45. The Labute approximate surface area is 197 Å². The number of ketones is 1. The molecule has 0 radical (unpaired) electrons. The summed E-state index contributed by atoms with van der Waals surface area (Å²) in [7, 11) is 0. The maximum absolute atomic E-state index is 13.1. The number of rotatable bonds is 5. The largest absolute Gasteiger partial charge is 0.368 e. The standard InChI is InChI=1S/C25H27N5O4/c31-22(28-14-12-27(13-15-28)18-6-2-1-3-7-18)16-21-24(33)26-10-11-29(21)17-30-20-9-5-4-8-19(20)23(32)25(30)34/h1-9,21H,10-17H2,(H,26,33)/t21-/m0/s1. The minimum absolute atomic E-state index is 0.0365. The van der Waals surface area contributed by atoms with Crippen LogP contribution in [0.5, 0.6) is 0 Å². The number of nitrogens with one attached hydrogen (secondary N) is 1. The molecule has 0 spiro atoms. The molecule has 0 saturated carbocycles. The summed E-state index contributed by atoms with van der Waals surface area (Å²) in [6.45, 7) is 3.66. The molecule has 3 aliphatic rings. The molecule has 9 heteroatoms. The Bertz CT molecular complexity index is 1110. The molecule has 1 atom stereocenters. The van der Waals surface area contributed by atoms with E-state index >= 15 is 0 Å². The Balaban J connectivity index is 1.24. The topological polar surface area (TPSA) is 93.3 Å². The molecular weight excluding hydrogens is 434 g/mol. The predicted molar refractivity (Wildman–Crippen MR) is 126 cm³/mol. The number of para-hydroxylation sites is 2. The average Bonchev–Trinajstić information content (AvgIpc) is 3.11. The molecule has 0 unspecified atom stereocenters. The molecule has 9 nitrogen and oxygen atoms in total. The second kappa shape index (κ2) is 9.26. The lowest BCUT2D eigenvalue weighted by atomic mass is 10.1. The SMILES string of the molecule is O=C1C(=O)N(CN2CCNC(=O)[C@@H]2CC(=O)N2CCN(c3ccccc3)CC2)c2ccccc21. The fourth-order valence-electron chi connectivity index (χ4n) is 4.87. The highest BCUT2D eigenvalue weighted by Gasteiger charge is 2.40. The van der Waals surface area contributed by atoms with Gasteiger partial charge in [-0.3, -0.25) is 29.0 Å². The Kier molecular flexibility index (Phi) is 6.02. The summed E-state index contributed by atoms with van der Waals surface area (Å²) in [5, 5.41) is 2.83. The lowest BCUT2D eigenvalue weighted by Crippen LogP contribution is -2.60. The highest BCUT2D eigenvalue weighted by atomic mass is 16.2. The zero-order valence-corrected chi connectivity index (χ0v) is 18.9. The molecule has 5 rings (SSSR count). The van der Waals surface area contributed by atoms with E-state index in [1.165, 1.54) is 4.90 Å². The number of amides is 3. The van der Waals surface area contributed by atoms with E-state index in [1.54, 1.807) is 29.2 Å². The molecule has 34 heavy (non-hydrogen) atoms. The lowest BCUT2D eigenvalue weighted by molar-refractivity contribution is -0.139. The van der Waals surface area contributed by atoms with E-state index in [2.05, 4.69) is 22.3 Å². The smallest absolute Gasteiger partial charge is 0.300 e. The molecule has 0 aromatic heterocycles. The van der Waals surface area contributed by atoms with Crippen molar-refractivity contribution in [2.75, 3.05) is 55.7 Å². The van der Waals surface area contributed by atoms with E-state index in [-0.39, 0.29) is 24.9 Å². The van der Waals surface area contributed by atoms with Gasteiger partial charge in [-0.25, -0.2) is 0 Å². The van der Waals surface area contributed by atoms with Gasteiger partial charge in [-0.1, -0.05) is 30.3 Å². The number of piperazine rings is 2. The quantitative estimate of drug-likeness (QED) is 0.660. The molecule has 2 aromatic carbocycles. The summed E-state index contributed by atoms with van der Waals surface area (Å²) >= 11 is 0. The third-order valence-electron chi connectivity index (χ3n) is 6.77. The maximum atomic E-state index is 13.1. The maximum Gasteiger partial charge on any atom is 0.300 e. The lowest BCUT2D eigenvalue weighted by Gasteiger charge is -2.39. The van der Waals surface area contributed by atoms with E-state index in [4.69, 9.17) is 0 Å². The van der Waals surface area contributed by atoms with Crippen molar-refractivity contribution in [3.63, 3.8) is 0 Å². The van der Waals surface area contributed by atoms with Gasteiger partial charge in [0.05, 0.1) is 30.4 Å². The van der Waals surface area contributed by atoms with Gasteiger partial charge < -0.3 is 15.1 Å². The second-order valence-electron chi connectivity index (χ2n) is 8.75. The number of fused-ring (bicyclic) bond motifs is 1. The normalized spacial score (nSPS) is 21.0. The van der Waals surface area contributed by atoms with Gasteiger partial charge in [-0.2, -0.15) is 0 Å². The number of carbonyl (C=O) groups is 4. The van der Waals surface area contributed by atoms with Crippen LogP contribution in [0.3, 0.4) is 0 Å². The van der Waals surface area contributed by atoms with Gasteiger partial charge in [0, 0.05) is 45.0 Å². The van der Waals surface area contributed by atoms with Crippen LogP contribution in [0.15, 0.2) is 54.6 Å². The highest BCUT2D eigenvalue weighted by Crippen LogP contribution is 2.29. The Morgan fingerprint density at radius 3 is 2.35 bits per heavy atom. The minimum Gasteiger partial charge on any atom is -0.368 e. The first-order valence-electron chi connectivity index (χ1n) is 11.6. The fourth-order valence-corrected chi connectivity index (χ4v) is 4.87. The van der Waals surface area contributed by atoms with E-state index < -0.39 is 17.7 Å². The summed E-state index contributed by atoms with van der Waals surface area (Å²) in [6.07, 6.45) is 0.0365. The number of hydrogen-bond acceptors (Lipinski definition) is 6. The summed E-state index contributed by atoms with van der Waals surface area (Å²) in [4.78, 5) is 58.1. The van der Waals surface area contributed by atoms with Crippen molar-refractivity contribution >= 4 is 34.9 Å². The Hall–Kier alpha value is -3.72. The monoisotopic (exact) mass is 461 g/mol. The predicted octanol–water partition coefficient (Wildman–Crippen LogP) is 0.713. The number of benzene rings is 2. The second-order valence-corrected chi connectivity index (χ2v) is 8.75. The highest BCUT2D eigenvalue weighted by molar-refractivity contribution is 6.52. The number of nitrogens with zero attached hydrogens (tertiary/aromatic N) is 4. The fraction of sp³-hybridized carbons (Fsp3) is 0.360. The van der Waals surface area contributed by atoms with E-state index in [9.17, 15) is 19.2 Å². The first-order valence-corrected chi connectivity index (χ1v) is 11.6. The van der Waals surface area contributed by atoms with Gasteiger partial charge in [-0.15, -0.1) is 0 Å². The molecule has 176 valence electrons.